The van der Waals surface area contributed by atoms with Crippen molar-refractivity contribution in [2.45, 2.75) is 32.5 Å². The normalized spacial score (nSPS) is 20.7. The van der Waals surface area contributed by atoms with E-state index in [1.54, 1.807) is 15.4 Å². The summed E-state index contributed by atoms with van der Waals surface area (Å²) >= 11 is 0. The van der Waals surface area contributed by atoms with Crippen molar-refractivity contribution in [1.82, 2.24) is 29.3 Å². The van der Waals surface area contributed by atoms with Gasteiger partial charge in [-0.25, -0.2) is 18.3 Å². The fourth-order valence-corrected chi connectivity index (χ4v) is 4.16. The summed E-state index contributed by atoms with van der Waals surface area (Å²) in [6.45, 7) is 5.03. The van der Waals surface area contributed by atoms with Crippen molar-refractivity contribution < 1.29 is 8.78 Å². The lowest BCUT2D eigenvalue weighted by atomic mass is 10.0. The van der Waals surface area contributed by atoms with Crippen LogP contribution in [0.2, 0.25) is 0 Å². The van der Waals surface area contributed by atoms with E-state index in [9.17, 15) is 8.78 Å². The fraction of sp³-hybridized carbons (Fsp3) is 0.381. The largest absolute Gasteiger partial charge is 0.303 e. The highest BCUT2D eigenvalue weighted by Gasteiger charge is 2.30. The number of benzene rings is 1. The van der Waals surface area contributed by atoms with Crippen LogP contribution in [0, 0.1) is 19.7 Å². The first kappa shape index (κ1) is 18.2. The third-order valence-corrected chi connectivity index (χ3v) is 5.66. The number of hydrogen-bond donors (Lipinski definition) is 0. The second-order valence-electron chi connectivity index (χ2n) is 8.00. The molecule has 4 aromatic rings. The Kier molecular flexibility index (Phi) is 4.13. The maximum atomic E-state index is 14.9. The summed E-state index contributed by atoms with van der Waals surface area (Å²) in [5, 5.41) is 9.60. The summed E-state index contributed by atoms with van der Waals surface area (Å²) in [5.41, 5.74) is 4.20. The molecule has 8 heteroatoms. The van der Waals surface area contributed by atoms with Gasteiger partial charge in [-0.2, -0.15) is 10.2 Å². The number of halogens is 2. The molecule has 1 saturated heterocycles. The van der Waals surface area contributed by atoms with Crippen LogP contribution in [0.3, 0.4) is 0 Å². The lowest BCUT2D eigenvalue weighted by molar-refractivity contribution is 0.101. The number of likely N-dealkylation sites (tertiary alicyclic amines) is 1. The molecule has 0 radical (unpaired) electrons. The predicted octanol–water partition coefficient (Wildman–Crippen LogP) is 3.72. The summed E-state index contributed by atoms with van der Waals surface area (Å²) in [6.07, 6.45) is 3.22. The first-order chi connectivity index (χ1) is 13.9. The van der Waals surface area contributed by atoms with Gasteiger partial charge in [-0.1, -0.05) is 0 Å². The second kappa shape index (κ2) is 6.59. The monoisotopic (exact) mass is 396 g/mol. The molecule has 2 atom stereocenters. The van der Waals surface area contributed by atoms with Crippen LogP contribution in [0.5, 0.6) is 0 Å². The zero-order valence-electron chi connectivity index (χ0n) is 16.6. The first-order valence-electron chi connectivity index (χ1n) is 9.74. The maximum Gasteiger partial charge on any atom is 0.156 e. The van der Waals surface area contributed by atoms with Crippen LogP contribution in [0.1, 0.15) is 23.7 Å². The Hall–Kier alpha value is -2.87. The van der Waals surface area contributed by atoms with Gasteiger partial charge in [-0.05, 0) is 51.1 Å². The summed E-state index contributed by atoms with van der Waals surface area (Å²) < 4.78 is 32.7. The van der Waals surface area contributed by atoms with Gasteiger partial charge in [0.2, 0.25) is 0 Å². The molecular weight excluding hydrogens is 374 g/mol. The molecule has 0 bridgehead atoms. The van der Waals surface area contributed by atoms with Crippen LogP contribution >= 0.6 is 0 Å². The minimum Gasteiger partial charge on any atom is -0.303 e. The highest BCUT2D eigenvalue weighted by atomic mass is 19.1. The van der Waals surface area contributed by atoms with Gasteiger partial charge in [0.25, 0.3) is 0 Å². The fourth-order valence-electron chi connectivity index (χ4n) is 4.16. The molecule has 0 aliphatic carbocycles. The maximum absolute atomic E-state index is 14.9. The van der Waals surface area contributed by atoms with Gasteiger partial charge >= 0.3 is 0 Å². The Morgan fingerprint density at radius 3 is 2.72 bits per heavy atom. The van der Waals surface area contributed by atoms with Gasteiger partial charge in [-0.15, -0.1) is 0 Å². The van der Waals surface area contributed by atoms with Crippen molar-refractivity contribution in [3.8, 4) is 11.3 Å². The molecule has 150 valence electrons. The Morgan fingerprint density at radius 2 is 1.93 bits per heavy atom. The van der Waals surface area contributed by atoms with Gasteiger partial charge in [0.15, 0.2) is 11.5 Å². The minimum absolute atomic E-state index is 0.260. The number of aryl methyl sites for hydroxylation is 2. The lowest BCUT2D eigenvalue weighted by Gasteiger charge is -2.32. The molecule has 0 N–H and O–H groups in total. The van der Waals surface area contributed by atoms with Gasteiger partial charge in [0, 0.05) is 30.2 Å². The Morgan fingerprint density at radius 1 is 1.10 bits per heavy atom. The molecule has 0 amide bonds. The standard InChI is InChI=1S/C21H22F2N6/c1-12-6-18(25-29-9-13(2)24-21(12)29)14-7-15-10-28(26-20(15)16(22)8-14)19-4-5-27(3)11-17(19)23/h6-10,17,19H,4-5,11H2,1-3H3/t17-,19+/m0/s1. The van der Waals surface area contributed by atoms with E-state index in [-0.39, 0.29) is 11.6 Å². The summed E-state index contributed by atoms with van der Waals surface area (Å²) in [4.78, 5) is 6.42. The molecule has 0 spiro atoms. The van der Waals surface area contributed by atoms with Gasteiger partial charge < -0.3 is 4.90 Å². The van der Waals surface area contributed by atoms with Crippen LogP contribution in [0.4, 0.5) is 8.78 Å². The molecule has 5 rings (SSSR count). The van der Waals surface area contributed by atoms with Crippen molar-refractivity contribution >= 4 is 16.6 Å². The Bertz CT molecular complexity index is 1230. The number of aromatic nitrogens is 5. The molecule has 1 aromatic carbocycles. The Balaban J connectivity index is 1.58. The molecular formula is C21H22F2N6. The van der Waals surface area contributed by atoms with Crippen molar-refractivity contribution in [2.24, 2.45) is 0 Å². The van der Waals surface area contributed by atoms with E-state index >= 15 is 0 Å². The Labute approximate surface area is 166 Å². The number of nitrogens with zero attached hydrogens (tertiary/aromatic N) is 6. The van der Waals surface area contributed by atoms with E-state index in [1.807, 2.05) is 44.1 Å². The van der Waals surface area contributed by atoms with Crippen LogP contribution in [0.15, 0.2) is 30.6 Å². The zero-order chi connectivity index (χ0) is 20.3. The predicted molar refractivity (Wildman–Crippen MR) is 107 cm³/mol. The molecule has 1 fully saturated rings. The van der Waals surface area contributed by atoms with Gasteiger partial charge in [0.1, 0.15) is 11.7 Å². The summed E-state index contributed by atoms with van der Waals surface area (Å²) in [6, 6.07) is 4.84. The highest BCUT2D eigenvalue weighted by molar-refractivity contribution is 5.84. The first-order valence-corrected chi connectivity index (χ1v) is 9.74. The topological polar surface area (TPSA) is 51.3 Å². The quantitative estimate of drug-likeness (QED) is 0.518. The molecule has 29 heavy (non-hydrogen) atoms. The average molecular weight is 396 g/mol. The molecule has 1 aliphatic heterocycles. The van der Waals surface area contributed by atoms with Crippen LogP contribution in [-0.4, -0.2) is 55.6 Å². The minimum atomic E-state index is -1.03. The van der Waals surface area contributed by atoms with E-state index in [1.165, 1.54) is 6.07 Å². The van der Waals surface area contributed by atoms with E-state index < -0.39 is 12.0 Å². The number of hydrogen-bond acceptors (Lipinski definition) is 4. The van der Waals surface area contributed by atoms with Crippen molar-refractivity contribution in [3.05, 3.63) is 47.7 Å². The molecule has 3 aromatic heterocycles. The van der Waals surface area contributed by atoms with Crippen LogP contribution in [-0.2, 0) is 0 Å². The van der Waals surface area contributed by atoms with Crippen LogP contribution in [0.25, 0.3) is 27.8 Å². The van der Waals surface area contributed by atoms with E-state index in [4.69, 9.17) is 0 Å². The highest BCUT2D eigenvalue weighted by Crippen LogP contribution is 2.30. The number of rotatable bonds is 2. The van der Waals surface area contributed by atoms with Crippen molar-refractivity contribution in [3.63, 3.8) is 0 Å². The smallest absolute Gasteiger partial charge is 0.156 e. The number of piperidine rings is 1. The van der Waals surface area contributed by atoms with Crippen LogP contribution < -0.4 is 0 Å². The van der Waals surface area contributed by atoms with Gasteiger partial charge in [0.05, 0.1) is 23.6 Å². The third kappa shape index (κ3) is 3.07. The zero-order valence-corrected chi connectivity index (χ0v) is 16.6. The number of imidazole rings is 1. The average Bonchev–Trinajstić information content (AvgIpc) is 3.25. The summed E-state index contributed by atoms with van der Waals surface area (Å²) in [7, 11) is 1.90. The third-order valence-electron chi connectivity index (χ3n) is 5.66. The second-order valence-corrected chi connectivity index (χ2v) is 8.00. The molecule has 0 saturated carbocycles. The molecule has 6 nitrogen and oxygen atoms in total. The van der Waals surface area contributed by atoms with Crippen molar-refractivity contribution in [2.75, 3.05) is 20.1 Å². The van der Waals surface area contributed by atoms with E-state index in [0.29, 0.717) is 29.6 Å². The van der Waals surface area contributed by atoms with Gasteiger partial charge in [-0.3, -0.25) is 4.68 Å². The molecule has 0 unspecified atom stereocenters. The number of alkyl halides is 1. The lowest BCUT2D eigenvalue weighted by Crippen LogP contribution is -2.40. The number of fused-ring (bicyclic) bond motifs is 2. The molecule has 4 heterocycles. The van der Waals surface area contributed by atoms with E-state index in [2.05, 4.69) is 15.2 Å². The molecule has 1 aliphatic rings. The van der Waals surface area contributed by atoms with Crippen molar-refractivity contribution in [1.29, 1.82) is 0 Å². The van der Waals surface area contributed by atoms with E-state index in [0.717, 1.165) is 23.4 Å². The summed E-state index contributed by atoms with van der Waals surface area (Å²) in [5.74, 6) is -0.430. The SMILES string of the molecule is Cc1cn2nc(-c3cc(F)c4nn([C@@H]5CCN(C)C[C@@H]5F)cc4c3)cc(C)c2n1.